The first-order valence-electron chi connectivity index (χ1n) is 7.93. The normalized spacial score (nSPS) is 13.8. The third kappa shape index (κ3) is 5.73. The van der Waals surface area contributed by atoms with Crippen LogP contribution in [-0.4, -0.2) is 40.9 Å². The molecule has 0 aromatic heterocycles. The van der Waals surface area contributed by atoms with Crippen molar-refractivity contribution < 1.29 is 19.5 Å². The van der Waals surface area contributed by atoms with Gasteiger partial charge in [-0.05, 0) is 37.0 Å². The molecule has 6 heteroatoms. The van der Waals surface area contributed by atoms with Gasteiger partial charge in [0.2, 0.25) is 11.8 Å². The molecule has 1 heterocycles. The molecule has 1 aromatic carbocycles. The Bertz CT molecular complexity index is 562. The van der Waals surface area contributed by atoms with E-state index < -0.39 is 5.97 Å². The van der Waals surface area contributed by atoms with Crippen molar-refractivity contribution in [3.8, 4) is 0 Å². The maximum atomic E-state index is 12.0. The maximum absolute atomic E-state index is 12.0. The van der Waals surface area contributed by atoms with Gasteiger partial charge in [-0.1, -0.05) is 12.1 Å². The van der Waals surface area contributed by atoms with Crippen molar-refractivity contribution in [1.82, 2.24) is 4.90 Å². The van der Waals surface area contributed by atoms with Gasteiger partial charge in [-0.2, -0.15) is 0 Å². The largest absolute Gasteiger partial charge is 0.481 e. The maximum Gasteiger partial charge on any atom is 0.303 e. The molecule has 2 rings (SSSR count). The summed E-state index contributed by atoms with van der Waals surface area (Å²) >= 11 is 0. The Morgan fingerprint density at radius 3 is 2.26 bits per heavy atom. The molecule has 1 aliphatic rings. The first kappa shape index (κ1) is 17.0. The number of aliphatic carboxylic acids is 1. The summed E-state index contributed by atoms with van der Waals surface area (Å²) in [7, 11) is 0. The van der Waals surface area contributed by atoms with Crippen molar-refractivity contribution in [3.05, 3.63) is 29.8 Å². The van der Waals surface area contributed by atoms with Gasteiger partial charge in [0, 0.05) is 31.6 Å². The quantitative estimate of drug-likeness (QED) is 0.805. The fraction of sp³-hybridized carbons (Fsp3) is 0.471. The second kappa shape index (κ2) is 8.31. The average molecular weight is 318 g/mol. The van der Waals surface area contributed by atoms with Gasteiger partial charge in [0.05, 0.1) is 6.42 Å². The summed E-state index contributed by atoms with van der Waals surface area (Å²) in [5.74, 6) is -1.10. The number of aryl methyl sites for hydroxylation is 1. The first-order valence-corrected chi connectivity index (χ1v) is 7.93. The van der Waals surface area contributed by atoms with Gasteiger partial charge < -0.3 is 15.3 Å². The third-order valence-corrected chi connectivity index (χ3v) is 3.89. The van der Waals surface area contributed by atoms with Crippen molar-refractivity contribution in [2.24, 2.45) is 0 Å². The highest BCUT2D eigenvalue weighted by Crippen LogP contribution is 2.14. The van der Waals surface area contributed by atoms with Crippen molar-refractivity contribution in [3.63, 3.8) is 0 Å². The Morgan fingerprint density at radius 2 is 1.65 bits per heavy atom. The number of likely N-dealkylation sites (tertiary alicyclic amines) is 1. The lowest BCUT2D eigenvalue weighted by Crippen LogP contribution is -2.27. The number of nitrogens with one attached hydrogen (secondary N) is 1. The van der Waals surface area contributed by atoms with Crippen LogP contribution in [0.2, 0.25) is 0 Å². The highest BCUT2D eigenvalue weighted by Gasteiger charge is 2.17. The summed E-state index contributed by atoms with van der Waals surface area (Å²) < 4.78 is 0. The van der Waals surface area contributed by atoms with Crippen molar-refractivity contribution >= 4 is 23.5 Å². The lowest BCUT2D eigenvalue weighted by atomic mass is 10.1. The van der Waals surface area contributed by atoms with E-state index in [0.717, 1.165) is 31.5 Å². The summed E-state index contributed by atoms with van der Waals surface area (Å²) in [5.41, 5.74) is 1.68. The van der Waals surface area contributed by atoms with Gasteiger partial charge in [0.25, 0.3) is 0 Å². The van der Waals surface area contributed by atoms with Gasteiger partial charge in [0.1, 0.15) is 0 Å². The van der Waals surface area contributed by atoms with E-state index in [9.17, 15) is 14.4 Å². The molecule has 1 saturated heterocycles. The van der Waals surface area contributed by atoms with E-state index in [2.05, 4.69) is 5.32 Å². The number of rotatable bonds is 7. The molecule has 6 nitrogen and oxygen atoms in total. The van der Waals surface area contributed by atoms with Crippen LogP contribution in [-0.2, 0) is 20.8 Å². The molecule has 0 saturated carbocycles. The molecule has 0 bridgehead atoms. The van der Waals surface area contributed by atoms with Crippen LogP contribution >= 0.6 is 0 Å². The molecular formula is C17H22N2O4. The van der Waals surface area contributed by atoms with Gasteiger partial charge in [-0.15, -0.1) is 0 Å². The van der Waals surface area contributed by atoms with Gasteiger partial charge in [0.15, 0.2) is 0 Å². The highest BCUT2D eigenvalue weighted by atomic mass is 16.4. The van der Waals surface area contributed by atoms with Crippen LogP contribution < -0.4 is 5.32 Å². The second-order valence-corrected chi connectivity index (χ2v) is 5.73. The van der Waals surface area contributed by atoms with Crippen molar-refractivity contribution in [1.29, 1.82) is 0 Å². The standard InChI is InChI=1S/C17H22N2O4/c20-15(8-10-17(22)23)18-14-6-3-13(4-7-14)5-9-16(21)19-11-1-2-12-19/h3-4,6-7H,1-2,5,8-12H2,(H,18,20)(H,22,23). The van der Waals surface area contributed by atoms with E-state index >= 15 is 0 Å². The number of carbonyl (C=O) groups excluding carboxylic acids is 2. The number of amides is 2. The summed E-state index contributed by atoms with van der Waals surface area (Å²) in [6.45, 7) is 1.75. The minimum absolute atomic E-state index is 0.0403. The minimum atomic E-state index is -0.988. The van der Waals surface area contributed by atoms with E-state index in [1.54, 1.807) is 12.1 Å². The SMILES string of the molecule is O=C(O)CCC(=O)Nc1ccc(CCC(=O)N2CCCC2)cc1. The van der Waals surface area contributed by atoms with Crippen molar-refractivity contribution in [2.45, 2.75) is 38.5 Å². The monoisotopic (exact) mass is 318 g/mol. The van der Waals surface area contributed by atoms with E-state index in [4.69, 9.17) is 5.11 Å². The Hall–Kier alpha value is -2.37. The van der Waals surface area contributed by atoms with Gasteiger partial charge in [-0.3, -0.25) is 14.4 Å². The molecular weight excluding hydrogens is 296 g/mol. The number of hydrogen-bond donors (Lipinski definition) is 2. The molecule has 0 aliphatic carbocycles. The van der Waals surface area contributed by atoms with E-state index in [0.29, 0.717) is 18.5 Å². The zero-order chi connectivity index (χ0) is 16.7. The van der Waals surface area contributed by atoms with E-state index in [-0.39, 0.29) is 24.7 Å². The number of carboxylic acids is 1. The number of benzene rings is 1. The van der Waals surface area contributed by atoms with Crippen LogP contribution in [0, 0.1) is 0 Å². The lowest BCUT2D eigenvalue weighted by molar-refractivity contribution is -0.138. The lowest BCUT2D eigenvalue weighted by Gasteiger charge is -2.15. The minimum Gasteiger partial charge on any atom is -0.481 e. The number of hydrogen-bond acceptors (Lipinski definition) is 3. The molecule has 23 heavy (non-hydrogen) atoms. The fourth-order valence-electron chi connectivity index (χ4n) is 2.57. The molecule has 0 radical (unpaired) electrons. The summed E-state index contributed by atoms with van der Waals surface area (Å²) in [5, 5.41) is 11.2. The molecule has 2 amide bonds. The van der Waals surface area contributed by atoms with Crippen LogP contribution in [0.4, 0.5) is 5.69 Å². The topological polar surface area (TPSA) is 86.7 Å². The van der Waals surface area contributed by atoms with E-state index in [1.165, 1.54) is 0 Å². The van der Waals surface area contributed by atoms with Crippen LogP contribution in [0.15, 0.2) is 24.3 Å². The Kier molecular flexibility index (Phi) is 6.14. The molecule has 1 fully saturated rings. The summed E-state index contributed by atoms with van der Waals surface area (Å²) in [4.78, 5) is 35.8. The molecule has 0 unspecified atom stereocenters. The van der Waals surface area contributed by atoms with Crippen LogP contribution in [0.1, 0.15) is 37.7 Å². The molecule has 124 valence electrons. The Labute approximate surface area is 135 Å². The third-order valence-electron chi connectivity index (χ3n) is 3.89. The number of carboxylic acid groups (broad SMARTS) is 1. The Morgan fingerprint density at radius 1 is 1.00 bits per heavy atom. The van der Waals surface area contributed by atoms with Gasteiger partial charge >= 0.3 is 5.97 Å². The van der Waals surface area contributed by atoms with Crippen LogP contribution in [0.5, 0.6) is 0 Å². The highest BCUT2D eigenvalue weighted by molar-refractivity contribution is 5.92. The smallest absolute Gasteiger partial charge is 0.303 e. The molecule has 0 atom stereocenters. The molecule has 0 spiro atoms. The predicted octanol–water partition coefficient (Wildman–Crippen LogP) is 2.04. The molecule has 1 aliphatic heterocycles. The fourth-order valence-corrected chi connectivity index (χ4v) is 2.57. The Balaban J connectivity index is 1.76. The zero-order valence-electron chi connectivity index (χ0n) is 13.1. The predicted molar refractivity (Wildman–Crippen MR) is 86.1 cm³/mol. The second-order valence-electron chi connectivity index (χ2n) is 5.73. The number of carbonyl (C=O) groups is 3. The van der Waals surface area contributed by atoms with Gasteiger partial charge in [-0.25, -0.2) is 0 Å². The molecule has 2 N–H and O–H groups in total. The first-order chi connectivity index (χ1) is 11.0. The van der Waals surface area contributed by atoms with E-state index in [1.807, 2.05) is 17.0 Å². The zero-order valence-corrected chi connectivity index (χ0v) is 13.1. The number of nitrogens with zero attached hydrogens (tertiary/aromatic N) is 1. The molecule has 1 aromatic rings. The summed E-state index contributed by atoms with van der Waals surface area (Å²) in [6, 6.07) is 7.30. The van der Waals surface area contributed by atoms with Crippen LogP contribution in [0.3, 0.4) is 0 Å². The van der Waals surface area contributed by atoms with Crippen molar-refractivity contribution in [2.75, 3.05) is 18.4 Å². The average Bonchev–Trinajstić information content (AvgIpc) is 3.06. The summed E-state index contributed by atoms with van der Waals surface area (Å²) in [6.07, 6.45) is 3.17. The van der Waals surface area contributed by atoms with Crippen LogP contribution in [0.25, 0.3) is 0 Å². The number of anilines is 1.